The van der Waals surface area contributed by atoms with E-state index in [1.165, 1.54) is 0 Å². The van der Waals surface area contributed by atoms with E-state index < -0.39 is 5.92 Å². The number of pyridine rings is 3. The SMILES string of the molecule is CN1CCN(c2cncc3[nH]c(-c4n[nH]c5ccc(-c6cncc(CN7CCC(F)(F)C7)c6)nc45)cc23)CC1. The van der Waals surface area contributed by atoms with E-state index in [1.807, 2.05) is 30.6 Å². The minimum Gasteiger partial charge on any atom is -0.367 e. The van der Waals surface area contributed by atoms with Crippen molar-refractivity contribution in [3.63, 3.8) is 0 Å². The number of piperazine rings is 1. The van der Waals surface area contributed by atoms with Crippen molar-refractivity contribution in [3.8, 4) is 22.6 Å². The van der Waals surface area contributed by atoms with E-state index in [4.69, 9.17) is 4.98 Å². The number of anilines is 1. The van der Waals surface area contributed by atoms with E-state index in [1.54, 1.807) is 17.3 Å². The molecule has 2 N–H and O–H groups in total. The molecule has 7 heterocycles. The van der Waals surface area contributed by atoms with Gasteiger partial charge in [-0.3, -0.25) is 20.0 Å². The molecular weight excluding hydrogens is 500 g/mol. The van der Waals surface area contributed by atoms with Crippen LogP contribution in [0.4, 0.5) is 14.5 Å². The van der Waals surface area contributed by atoms with Gasteiger partial charge in [-0.2, -0.15) is 5.10 Å². The molecular formula is C28H29F2N9. The summed E-state index contributed by atoms with van der Waals surface area (Å²) in [5, 5.41) is 8.81. The number of rotatable bonds is 5. The molecule has 0 bridgehead atoms. The van der Waals surface area contributed by atoms with Gasteiger partial charge >= 0.3 is 0 Å². The van der Waals surface area contributed by atoms with Gasteiger partial charge in [0.2, 0.25) is 0 Å². The van der Waals surface area contributed by atoms with E-state index in [0.717, 1.165) is 82.0 Å². The monoisotopic (exact) mass is 529 g/mol. The molecule has 39 heavy (non-hydrogen) atoms. The summed E-state index contributed by atoms with van der Waals surface area (Å²) in [6, 6.07) is 7.99. The highest BCUT2D eigenvalue weighted by atomic mass is 19.3. The van der Waals surface area contributed by atoms with E-state index >= 15 is 0 Å². The van der Waals surface area contributed by atoms with E-state index in [0.29, 0.717) is 13.1 Å². The van der Waals surface area contributed by atoms with E-state index in [9.17, 15) is 8.78 Å². The van der Waals surface area contributed by atoms with Gasteiger partial charge in [-0.1, -0.05) is 0 Å². The molecule has 0 atom stereocenters. The molecule has 7 rings (SSSR count). The Balaban J connectivity index is 1.21. The molecule has 0 saturated carbocycles. The number of likely N-dealkylation sites (tertiary alicyclic amines) is 1. The summed E-state index contributed by atoms with van der Waals surface area (Å²) in [5.74, 6) is -2.61. The van der Waals surface area contributed by atoms with Crippen molar-refractivity contribution in [3.05, 3.63) is 54.6 Å². The molecule has 0 aliphatic carbocycles. The second-order valence-corrected chi connectivity index (χ2v) is 10.7. The van der Waals surface area contributed by atoms with Crippen LogP contribution in [0, 0.1) is 0 Å². The van der Waals surface area contributed by atoms with Gasteiger partial charge in [-0.15, -0.1) is 0 Å². The summed E-state index contributed by atoms with van der Waals surface area (Å²) >= 11 is 0. The normalized spacial score (nSPS) is 18.5. The number of aromatic amines is 2. The van der Waals surface area contributed by atoms with Crippen LogP contribution in [0.25, 0.3) is 44.6 Å². The topological polar surface area (TPSA) is 92.9 Å². The van der Waals surface area contributed by atoms with Crippen LogP contribution in [-0.4, -0.2) is 92.2 Å². The van der Waals surface area contributed by atoms with Crippen LogP contribution in [0.1, 0.15) is 12.0 Å². The van der Waals surface area contributed by atoms with Crippen molar-refractivity contribution < 1.29 is 8.78 Å². The summed E-state index contributed by atoms with van der Waals surface area (Å²) < 4.78 is 27.3. The zero-order valence-corrected chi connectivity index (χ0v) is 21.7. The summed E-state index contributed by atoms with van der Waals surface area (Å²) in [6.07, 6.45) is 7.18. The van der Waals surface area contributed by atoms with Crippen LogP contribution in [-0.2, 0) is 6.54 Å². The average Bonchev–Trinajstić information content (AvgIpc) is 3.64. The molecule has 0 aromatic carbocycles. The van der Waals surface area contributed by atoms with Gasteiger partial charge in [0.25, 0.3) is 5.92 Å². The summed E-state index contributed by atoms with van der Waals surface area (Å²) in [4.78, 5) is 23.8. The summed E-state index contributed by atoms with van der Waals surface area (Å²) in [5.41, 5.74) is 7.73. The van der Waals surface area contributed by atoms with Crippen molar-refractivity contribution >= 4 is 27.6 Å². The second-order valence-electron chi connectivity index (χ2n) is 10.7. The minimum absolute atomic E-state index is 0.0949. The Hall–Kier alpha value is -3.96. The van der Waals surface area contributed by atoms with Crippen molar-refractivity contribution in [1.29, 1.82) is 0 Å². The van der Waals surface area contributed by atoms with Gasteiger partial charge in [0.05, 0.1) is 47.0 Å². The Morgan fingerprint density at radius 1 is 0.949 bits per heavy atom. The van der Waals surface area contributed by atoms with Crippen molar-refractivity contribution in [2.45, 2.75) is 18.9 Å². The van der Waals surface area contributed by atoms with Crippen LogP contribution in [0.2, 0.25) is 0 Å². The van der Waals surface area contributed by atoms with Crippen molar-refractivity contribution in [2.24, 2.45) is 0 Å². The fourth-order valence-corrected chi connectivity index (χ4v) is 5.62. The van der Waals surface area contributed by atoms with Crippen molar-refractivity contribution in [2.75, 3.05) is 51.2 Å². The highest BCUT2D eigenvalue weighted by Gasteiger charge is 2.37. The van der Waals surface area contributed by atoms with Gasteiger partial charge < -0.3 is 14.8 Å². The van der Waals surface area contributed by atoms with Crippen LogP contribution in [0.5, 0.6) is 0 Å². The lowest BCUT2D eigenvalue weighted by Gasteiger charge is -2.34. The lowest BCUT2D eigenvalue weighted by Crippen LogP contribution is -2.44. The van der Waals surface area contributed by atoms with Crippen LogP contribution in [0.3, 0.4) is 0 Å². The molecule has 2 fully saturated rings. The molecule has 0 unspecified atom stereocenters. The highest BCUT2D eigenvalue weighted by Crippen LogP contribution is 2.34. The van der Waals surface area contributed by atoms with Crippen molar-refractivity contribution in [1.82, 2.24) is 39.9 Å². The maximum absolute atomic E-state index is 13.6. The van der Waals surface area contributed by atoms with Gasteiger partial charge in [-0.25, -0.2) is 13.8 Å². The lowest BCUT2D eigenvalue weighted by molar-refractivity contribution is 0.0115. The molecule has 2 saturated heterocycles. The van der Waals surface area contributed by atoms with Crippen LogP contribution in [0.15, 0.2) is 49.1 Å². The Kier molecular flexibility index (Phi) is 5.78. The summed E-state index contributed by atoms with van der Waals surface area (Å²) in [6.45, 7) is 4.57. The zero-order valence-electron chi connectivity index (χ0n) is 21.7. The third kappa shape index (κ3) is 4.61. The van der Waals surface area contributed by atoms with Gasteiger partial charge in [0, 0.05) is 69.0 Å². The lowest BCUT2D eigenvalue weighted by atomic mass is 10.1. The number of H-pyrrole nitrogens is 2. The summed E-state index contributed by atoms with van der Waals surface area (Å²) in [7, 11) is 2.15. The fraction of sp³-hybridized carbons (Fsp3) is 0.357. The number of hydrogen-bond acceptors (Lipinski definition) is 7. The Morgan fingerprint density at radius 3 is 2.62 bits per heavy atom. The Bertz CT molecular complexity index is 1650. The number of nitrogens with zero attached hydrogens (tertiary/aromatic N) is 7. The van der Waals surface area contributed by atoms with E-state index in [-0.39, 0.29) is 13.0 Å². The molecule has 0 amide bonds. The quantitative estimate of drug-likeness (QED) is 0.353. The molecule has 0 radical (unpaired) electrons. The van der Waals surface area contributed by atoms with Crippen LogP contribution < -0.4 is 4.90 Å². The Morgan fingerprint density at radius 2 is 1.79 bits per heavy atom. The molecule has 9 nitrogen and oxygen atoms in total. The minimum atomic E-state index is -2.61. The zero-order chi connectivity index (χ0) is 26.6. The molecule has 2 aliphatic rings. The predicted molar refractivity (Wildman–Crippen MR) is 147 cm³/mol. The Labute approximate surface area is 223 Å². The number of halogens is 2. The number of fused-ring (bicyclic) bond motifs is 2. The number of nitrogens with one attached hydrogen (secondary N) is 2. The number of likely N-dealkylation sites (N-methyl/N-ethyl adjacent to an activating group) is 1. The third-order valence-corrected chi connectivity index (χ3v) is 7.78. The van der Waals surface area contributed by atoms with Gasteiger partial charge in [0.15, 0.2) is 0 Å². The van der Waals surface area contributed by atoms with E-state index in [2.05, 4.69) is 48.1 Å². The predicted octanol–water partition coefficient (Wildman–Crippen LogP) is 4.16. The highest BCUT2D eigenvalue weighted by molar-refractivity contribution is 5.98. The fourth-order valence-electron chi connectivity index (χ4n) is 5.62. The first kappa shape index (κ1) is 24.1. The third-order valence-electron chi connectivity index (χ3n) is 7.78. The molecule has 2 aliphatic heterocycles. The average molecular weight is 530 g/mol. The molecule has 5 aromatic heterocycles. The largest absolute Gasteiger partial charge is 0.367 e. The first-order valence-electron chi connectivity index (χ1n) is 13.2. The van der Waals surface area contributed by atoms with Gasteiger partial charge in [0.1, 0.15) is 11.2 Å². The number of alkyl halides is 2. The molecule has 200 valence electrons. The molecule has 5 aromatic rings. The maximum Gasteiger partial charge on any atom is 0.261 e. The van der Waals surface area contributed by atoms with Crippen LogP contribution >= 0.6 is 0 Å². The number of hydrogen-bond donors (Lipinski definition) is 2. The first-order chi connectivity index (χ1) is 18.9. The molecule has 0 spiro atoms. The second kappa shape index (κ2) is 9.35. The first-order valence-corrected chi connectivity index (χ1v) is 13.2. The smallest absolute Gasteiger partial charge is 0.261 e. The number of aromatic nitrogens is 6. The standard InChI is InChI=1S/C28H29F2N9/c1-37-6-8-39(9-7-37)25-15-32-14-24-20(25)11-23(33-24)27-26-22(35-36-27)3-2-21(34-26)19-10-18(12-31-13-19)16-38-5-4-28(29,30)17-38/h2-3,10-15,33H,4-9,16-17H2,1H3,(H,35,36). The molecule has 11 heteroatoms. The van der Waals surface area contributed by atoms with Gasteiger partial charge in [-0.05, 0) is 36.9 Å². The maximum atomic E-state index is 13.6.